The number of benzene rings is 1. The van der Waals surface area contributed by atoms with Crippen LogP contribution in [0.15, 0.2) is 35.1 Å². The van der Waals surface area contributed by atoms with Crippen LogP contribution in [0.1, 0.15) is 47.4 Å². The maximum Gasteiger partial charge on any atom is 0.261 e. The number of aromatic nitrogens is 1. The molecule has 0 unspecified atom stereocenters. The van der Waals surface area contributed by atoms with Gasteiger partial charge in [-0.05, 0) is 60.9 Å². The van der Waals surface area contributed by atoms with E-state index in [4.69, 9.17) is 0 Å². The van der Waals surface area contributed by atoms with Crippen molar-refractivity contribution >= 4 is 11.6 Å². The highest BCUT2D eigenvalue weighted by Crippen LogP contribution is 2.23. The van der Waals surface area contributed by atoms with Crippen LogP contribution in [0.5, 0.6) is 0 Å². The maximum atomic E-state index is 12.4. The van der Waals surface area contributed by atoms with Crippen molar-refractivity contribution in [2.75, 3.05) is 5.32 Å². The first-order valence-corrected chi connectivity index (χ1v) is 8.22. The van der Waals surface area contributed by atoms with Crippen molar-refractivity contribution in [2.45, 2.75) is 39.5 Å². The van der Waals surface area contributed by atoms with Crippen molar-refractivity contribution < 1.29 is 4.79 Å². The van der Waals surface area contributed by atoms with E-state index in [1.807, 2.05) is 24.3 Å². The largest absolute Gasteiger partial charge is 0.325 e. The Morgan fingerprint density at radius 2 is 2.04 bits per heavy atom. The monoisotopic (exact) mass is 310 g/mol. The molecule has 1 aliphatic rings. The van der Waals surface area contributed by atoms with Crippen molar-refractivity contribution in [2.24, 2.45) is 5.92 Å². The van der Waals surface area contributed by atoms with Gasteiger partial charge >= 0.3 is 0 Å². The molecule has 1 aromatic heterocycles. The van der Waals surface area contributed by atoms with Gasteiger partial charge in [0, 0.05) is 11.4 Å². The van der Waals surface area contributed by atoms with Crippen LogP contribution < -0.4 is 10.9 Å². The number of fused-ring (bicyclic) bond motifs is 1. The molecule has 0 spiro atoms. The summed E-state index contributed by atoms with van der Waals surface area (Å²) >= 11 is 0. The van der Waals surface area contributed by atoms with E-state index in [1.165, 1.54) is 5.56 Å². The Morgan fingerprint density at radius 1 is 1.30 bits per heavy atom. The number of aromatic amines is 1. The molecule has 1 heterocycles. The average Bonchev–Trinajstić information content (AvgIpc) is 2.55. The molecular weight excluding hydrogens is 288 g/mol. The fraction of sp³-hybridized carbons (Fsp3) is 0.368. The molecule has 0 bridgehead atoms. The van der Waals surface area contributed by atoms with E-state index < -0.39 is 0 Å². The molecule has 0 radical (unpaired) electrons. The average molecular weight is 310 g/mol. The normalized spacial score (nSPS) is 16.7. The van der Waals surface area contributed by atoms with E-state index >= 15 is 0 Å². The third-order valence-electron chi connectivity index (χ3n) is 4.54. The highest BCUT2D eigenvalue weighted by atomic mass is 16.2. The summed E-state index contributed by atoms with van der Waals surface area (Å²) in [5, 5.41) is 2.81. The summed E-state index contributed by atoms with van der Waals surface area (Å²) in [6.45, 7) is 4.28. The minimum absolute atomic E-state index is 0.192. The highest BCUT2D eigenvalue weighted by molar-refractivity contribution is 6.04. The number of amides is 1. The van der Waals surface area contributed by atoms with Crippen molar-refractivity contribution in [3.05, 3.63) is 63.1 Å². The lowest BCUT2D eigenvalue weighted by Crippen LogP contribution is -2.27. The third kappa shape index (κ3) is 3.36. The van der Waals surface area contributed by atoms with Gasteiger partial charge in [-0.25, -0.2) is 0 Å². The van der Waals surface area contributed by atoms with Gasteiger partial charge in [0.2, 0.25) is 0 Å². The van der Waals surface area contributed by atoms with Gasteiger partial charge in [-0.2, -0.15) is 0 Å². The molecule has 3 rings (SSSR count). The predicted octanol–water partition coefficient (Wildman–Crippen LogP) is 3.31. The molecule has 120 valence electrons. The fourth-order valence-corrected chi connectivity index (χ4v) is 3.08. The van der Waals surface area contributed by atoms with Crippen LogP contribution in [0.25, 0.3) is 0 Å². The van der Waals surface area contributed by atoms with Gasteiger partial charge in [-0.1, -0.05) is 26.0 Å². The van der Waals surface area contributed by atoms with Crippen LogP contribution in [-0.4, -0.2) is 10.9 Å². The summed E-state index contributed by atoms with van der Waals surface area (Å²) in [6.07, 6.45) is 3.83. The molecule has 4 nitrogen and oxygen atoms in total. The van der Waals surface area contributed by atoms with Gasteiger partial charge < -0.3 is 10.3 Å². The second-order valence-corrected chi connectivity index (χ2v) is 6.37. The SMILES string of the molecule is CCc1ccc(NC(=O)c2cc3c([nH]c2=O)CC[C@@H](C)C3)cc1. The zero-order chi connectivity index (χ0) is 16.4. The van der Waals surface area contributed by atoms with Gasteiger partial charge in [-0.15, -0.1) is 0 Å². The van der Waals surface area contributed by atoms with E-state index in [-0.39, 0.29) is 17.0 Å². The first-order chi connectivity index (χ1) is 11.1. The Kier molecular flexibility index (Phi) is 4.33. The summed E-state index contributed by atoms with van der Waals surface area (Å²) in [4.78, 5) is 27.5. The van der Waals surface area contributed by atoms with Crippen LogP contribution in [-0.2, 0) is 19.3 Å². The molecule has 1 aliphatic carbocycles. The number of nitrogens with one attached hydrogen (secondary N) is 2. The molecule has 0 saturated heterocycles. The van der Waals surface area contributed by atoms with E-state index in [9.17, 15) is 9.59 Å². The van der Waals surface area contributed by atoms with E-state index in [2.05, 4.69) is 24.1 Å². The quantitative estimate of drug-likeness (QED) is 0.913. The molecule has 23 heavy (non-hydrogen) atoms. The van der Waals surface area contributed by atoms with Crippen molar-refractivity contribution in [1.29, 1.82) is 0 Å². The molecule has 2 N–H and O–H groups in total. The van der Waals surface area contributed by atoms with Crippen molar-refractivity contribution in [3.8, 4) is 0 Å². The van der Waals surface area contributed by atoms with Crippen LogP contribution >= 0.6 is 0 Å². The molecule has 0 aliphatic heterocycles. The molecule has 1 aromatic carbocycles. The Hall–Kier alpha value is -2.36. The summed E-state index contributed by atoms with van der Waals surface area (Å²) in [5.74, 6) is 0.238. The molecule has 0 fully saturated rings. The first kappa shape index (κ1) is 15.5. The second-order valence-electron chi connectivity index (χ2n) is 6.37. The minimum Gasteiger partial charge on any atom is -0.325 e. The molecule has 1 amide bonds. The van der Waals surface area contributed by atoms with E-state index in [1.54, 1.807) is 6.07 Å². The number of aryl methyl sites for hydroxylation is 2. The Balaban J connectivity index is 1.84. The van der Waals surface area contributed by atoms with Gasteiger partial charge in [0.1, 0.15) is 5.56 Å². The zero-order valence-electron chi connectivity index (χ0n) is 13.6. The molecule has 0 saturated carbocycles. The number of carbonyl (C=O) groups excluding carboxylic acids is 1. The van der Waals surface area contributed by atoms with Gasteiger partial charge in [0.25, 0.3) is 11.5 Å². The lowest BCUT2D eigenvalue weighted by molar-refractivity contribution is 0.102. The number of hydrogen-bond donors (Lipinski definition) is 2. The second kappa shape index (κ2) is 6.41. The lowest BCUT2D eigenvalue weighted by Gasteiger charge is -2.21. The topological polar surface area (TPSA) is 62.0 Å². The smallest absolute Gasteiger partial charge is 0.261 e. The Bertz CT molecular complexity index is 775. The summed E-state index contributed by atoms with van der Waals surface area (Å²) in [7, 11) is 0. The van der Waals surface area contributed by atoms with Gasteiger partial charge in [-0.3, -0.25) is 9.59 Å². The van der Waals surface area contributed by atoms with Crippen molar-refractivity contribution in [3.63, 3.8) is 0 Å². The first-order valence-electron chi connectivity index (χ1n) is 8.22. The summed E-state index contributed by atoms with van der Waals surface area (Å²) in [6, 6.07) is 9.46. The van der Waals surface area contributed by atoms with Crippen LogP contribution in [0, 0.1) is 5.92 Å². The number of pyridine rings is 1. The molecule has 1 atom stereocenters. The van der Waals surface area contributed by atoms with Gasteiger partial charge in [0.15, 0.2) is 0 Å². The number of H-pyrrole nitrogens is 1. The van der Waals surface area contributed by atoms with Crippen LogP contribution in [0.2, 0.25) is 0 Å². The maximum absolute atomic E-state index is 12.4. The van der Waals surface area contributed by atoms with E-state index in [0.717, 1.165) is 36.9 Å². The molecular formula is C19H22N2O2. The van der Waals surface area contributed by atoms with Crippen molar-refractivity contribution in [1.82, 2.24) is 4.98 Å². The standard InChI is InChI=1S/C19H22N2O2/c1-3-13-5-7-15(8-6-13)20-18(22)16-11-14-10-12(2)4-9-17(14)21-19(16)23/h5-8,11-12H,3-4,9-10H2,1-2H3,(H,20,22)(H,21,23)/t12-/m1/s1. The van der Waals surface area contributed by atoms with Crippen LogP contribution in [0.4, 0.5) is 5.69 Å². The number of hydrogen-bond acceptors (Lipinski definition) is 2. The highest BCUT2D eigenvalue weighted by Gasteiger charge is 2.20. The summed E-state index contributed by atoms with van der Waals surface area (Å²) < 4.78 is 0. The lowest BCUT2D eigenvalue weighted by atomic mass is 9.87. The molecule has 2 aromatic rings. The number of carbonyl (C=O) groups is 1. The fourth-order valence-electron chi connectivity index (χ4n) is 3.08. The molecule has 4 heteroatoms. The summed E-state index contributed by atoms with van der Waals surface area (Å²) in [5.41, 5.74) is 3.88. The zero-order valence-corrected chi connectivity index (χ0v) is 13.6. The number of anilines is 1. The van der Waals surface area contributed by atoms with Gasteiger partial charge in [0.05, 0.1) is 0 Å². The third-order valence-corrected chi connectivity index (χ3v) is 4.54. The Labute approximate surface area is 135 Å². The van der Waals surface area contributed by atoms with E-state index in [0.29, 0.717) is 11.6 Å². The van der Waals surface area contributed by atoms with Crippen LogP contribution in [0.3, 0.4) is 0 Å². The Morgan fingerprint density at radius 3 is 2.74 bits per heavy atom. The minimum atomic E-state index is -0.350. The predicted molar refractivity (Wildman–Crippen MR) is 92.0 cm³/mol. The number of rotatable bonds is 3.